The Bertz CT molecular complexity index is 722. The predicted octanol–water partition coefficient (Wildman–Crippen LogP) is 0.359. The lowest BCUT2D eigenvalue weighted by atomic mass is 10.2. The van der Waals surface area contributed by atoms with Crippen molar-refractivity contribution in [3.05, 3.63) is 69.7 Å². The minimum Gasteiger partial charge on any atom is -1.00 e. The van der Waals surface area contributed by atoms with Crippen LogP contribution in [0.4, 0.5) is 0 Å². The molecule has 25 heavy (non-hydrogen) atoms. The van der Waals surface area contributed by atoms with Gasteiger partial charge in [-0.3, -0.25) is 4.79 Å². The second kappa shape index (κ2) is 10.2. The summed E-state index contributed by atoms with van der Waals surface area (Å²) in [5, 5.41) is 0.705. The highest BCUT2D eigenvalue weighted by Crippen LogP contribution is 2.18. The fourth-order valence-electron chi connectivity index (χ4n) is 2.08. The maximum atomic E-state index is 12.8. The number of hydrogen-bond donors (Lipinski definition) is 1. The summed E-state index contributed by atoms with van der Waals surface area (Å²) < 4.78 is 0.761. The molecule has 9 heteroatoms. The molecule has 1 unspecified atom stereocenters. The lowest BCUT2D eigenvalue weighted by Gasteiger charge is -2.22. The number of nitrogens with zero attached hydrogens (tertiary/aromatic N) is 1. The first-order chi connectivity index (χ1) is 11.4. The van der Waals surface area contributed by atoms with E-state index in [1.165, 1.54) is 18.2 Å². The Morgan fingerprint density at radius 1 is 1.00 bits per heavy atom. The molecule has 0 fully saturated rings. The number of benzene rings is 2. The van der Waals surface area contributed by atoms with E-state index in [2.05, 4.69) is 0 Å². The molecule has 134 valence electrons. The van der Waals surface area contributed by atoms with E-state index in [1.807, 2.05) is 30.3 Å². The molecule has 1 N–H and O–H groups in total. The van der Waals surface area contributed by atoms with Crippen LogP contribution in [0.15, 0.2) is 48.5 Å². The van der Waals surface area contributed by atoms with Gasteiger partial charge in [0.25, 0.3) is 0 Å². The van der Waals surface area contributed by atoms with Crippen LogP contribution in [0.5, 0.6) is 0 Å². The first-order valence-electron chi connectivity index (χ1n) is 6.87. The highest BCUT2D eigenvalue weighted by atomic mass is 35.5. The average Bonchev–Trinajstić information content (AvgIpc) is 2.57. The maximum Gasteiger partial charge on any atom is 0.370 e. The van der Waals surface area contributed by atoms with Gasteiger partial charge in [-0.05, 0) is 18.2 Å². The van der Waals surface area contributed by atoms with Gasteiger partial charge in [0, 0.05) is 15.6 Å². The fraction of sp³-hybridized carbons (Fsp3) is 0.125. The Balaban J connectivity index is 0.00000312. The number of rotatable bonds is 4. The molecule has 2 rings (SSSR count). The molecular weight excluding hydrogens is 429 g/mol. The molecule has 0 radical (unpaired) electrons. The molecule has 0 spiro atoms. The van der Waals surface area contributed by atoms with Crippen molar-refractivity contribution in [1.82, 2.24) is 4.53 Å². The van der Waals surface area contributed by atoms with Crippen molar-refractivity contribution in [2.24, 2.45) is 0 Å². The van der Waals surface area contributed by atoms with Crippen molar-refractivity contribution in [2.45, 2.75) is 6.54 Å². The van der Waals surface area contributed by atoms with E-state index in [1.54, 1.807) is 0 Å². The Hall–Kier alpha value is -1.01. The SMILES string of the molecule is O=C(CCl)N(Cl)[NH+](Cc1ccccc1)C(=O)c1cc(Cl)cc(Cl)c1.[Cl-]. The van der Waals surface area contributed by atoms with E-state index in [-0.39, 0.29) is 35.4 Å². The third-order valence-corrected chi connectivity index (χ3v) is 4.23. The third kappa shape index (κ3) is 6.03. The zero-order valence-corrected chi connectivity index (χ0v) is 16.5. The largest absolute Gasteiger partial charge is 1.00 e. The number of carbonyl (C=O) groups is 2. The normalized spacial score (nSPS) is 11.4. The molecule has 4 nitrogen and oxygen atoms in total. The first kappa shape index (κ1) is 22.0. The number of alkyl halides is 1. The number of quaternary nitrogens is 1. The van der Waals surface area contributed by atoms with Gasteiger partial charge in [-0.15, -0.1) is 16.6 Å². The lowest BCUT2D eigenvalue weighted by molar-refractivity contribution is -0.920. The first-order valence-corrected chi connectivity index (χ1v) is 8.50. The summed E-state index contributed by atoms with van der Waals surface area (Å²) in [7, 11) is 0. The second-order valence-electron chi connectivity index (χ2n) is 4.90. The van der Waals surface area contributed by atoms with Crippen LogP contribution >= 0.6 is 46.6 Å². The lowest BCUT2D eigenvalue weighted by Crippen LogP contribution is -3.18. The zero-order chi connectivity index (χ0) is 17.7. The van der Waals surface area contributed by atoms with Gasteiger partial charge in [0.1, 0.15) is 12.4 Å². The van der Waals surface area contributed by atoms with Gasteiger partial charge in [-0.1, -0.05) is 58.1 Å². The van der Waals surface area contributed by atoms with Crippen molar-refractivity contribution in [3.8, 4) is 0 Å². The number of amides is 2. The molecule has 2 aromatic carbocycles. The molecule has 0 bridgehead atoms. The monoisotopic (exact) mass is 440 g/mol. The van der Waals surface area contributed by atoms with E-state index in [4.69, 9.17) is 46.6 Å². The summed E-state index contributed by atoms with van der Waals surface area (Å²) in [6, 6.07) is 13.6. The highest BCUT2D eigenvalue weighted by molar-refractivity contribution is 6.35. The van der Waals surface area contributed by atoms with Crippen LogP contribution in [-0.4, -0.2) is 22.2 Å². The Morgan fingerprint density at radius 2 is 1.56 bits per heavy atom. The van der Waals surface area contributed by atoms with Gasteiger partial charge >= 0.3 is 11.8 Å². The van der Waals surface area contributed by atoms with Crippen LogP contribution in [0.2, 0.25) is 10.0 Å². The summed E-state index contributed by atoms with van der Waals surface area (Å²) in [5.74, 6) is -1.38. The summed E-state index contributed by atoms with van der Waals surface area (Å²) >= 11 is 23.5. The molecule has 2 amide bonds. The smallest absolute Gasteiger partial charge is 0.370 e. The van der Waals surface area contributed by atoms with Gasteiger partial charge in [0.15, 0.2) is 0 Å². The van der Waals surface area contributed by atoms with Crippen molar-refractivity contribution < 1.29 is 27.0 Å². The van der Waals surface area contributed by atoms with Crippen LogP contribution in [0.1, 0.15) is 15.9 Å². The van der Waals surface area contributed by atoms with Gasteiger partial charge < -0.3 is 12.4 Å². The average molecular weight is 443 g/mol. The molecule has 0 heterocycles. The molecule has 1 atom stereocenters. The fourth-order valence-corrected chi connectivity index (χ4v) is 2.99. The number of nitrogens with one attached hydrogen (secondary N) is 1. The summed E-state index contributed by atoms with van der Waals surface area (Å²) in [6.45, 7) is 0.163. The van der Waals surface area contributed by atoms with Crippen LogP contribution in [0, 0.1) is 0 Å². The molecule has 0 aliphatic carbocycles. The minimum atomic E-state index is -0.592. The quantitative estimate of drug-likeness (QED) is 0.422. The van der Waals surface area contributed by atoms with Crippen LogP contribution < -0.4 is 17.4 Å². The summed E-state index contributed by atoms with van der Waals surface area (Å²) in [5.41, 5.74) is 1.06. The molecule has 2 aromatic rings. The number of halogens is 5. The molecule has 0 aromatic heterocycles. The number of hydrogen-bond acceptors (Lipinski definition) is 2. The van der Waals surface area contributed by atoms with Gasteiger partial charge in [-0.2, -0.15) is 0 Å². The van der Waals surface area contributed by atoms with Gasteiger partial charge in [-0.25, -0.2) is 4.79 Å². The molecular formula is C16H13Cl5N2O2. The van der Waals surface area contributed by atoms with Crippen molar-refractivity contribution in [1.29, 1.82) is 0 Å². The van der Waals surface area contributed by atoms with Crippen LogP contribution in [0.3, 0.4) is 0 Å². The van der Waals surface area contributed by atoms with E-state index in [0.717, 1.165) is 10.1 Å². The molecule has 0 aliphatic rings. The Kier molecular flexibility index (Phi) is 9.00. The van der Waals surface area contributed by atoms with Crippen molar-refractivity contribution in [3.63, 3.8) is 0 Å². The van der Waals surface area contributed by atoms with Crippen LogP contribution in [0.25, 0.3) is 0 Å². The molecule has 0 saturated heterocycles. The van der Waals surface area contributed by atoms with Crippen LogP contribution in [-0.2, 0) is 11.3 Å². The highest BCUT2D eigenvalue weighted by Gasteiger charge is 2.32. The summed E-state index contributed by atoms with van der Waals surface area (Å²) in [4.78, 5) is 24.7. The van der Waals surface area contributed by atoms with E-state index >= 15 is 0 Å². The van der Waals surface area contributed by atoms with Crippen molar-refractivity contribution >= 4 is 58.4 Å². The molecule has 0 aliphatic heterocycles. The Morgan fingerprint density at radius 3 is 2.08 bits per heavy atom. The number of carbonyl (C=O) groups excluding carboxylic acids is 2. The van der Waals surface area contributed by atoms with E-state index in [9.17, 15) is 9.59 Å². The maximum absolute atomic E-state index is 12.8. The predicted molar refractivity (Wildman–Crippen MR) is 95.3 cm³/mol. The van der Waals surface area contributed by atoms with E-state index in [0.29, 0.717) is 10.0 Å². The van der Waals surface area contributed by atoms with E-state index < -0.39 is 11.8 Å². The zero-order valence-electron chi connectivity index (χ0n) is 12.7. The summed E-state index contributed by atoms with van der Waals surface area (Å²) in [6.07, 6.45) is 0. The van der Waals surface area contributed by atoms with Gasteiger partial charge in [0.2, 0.25) is 0 Å². The van der Waals surface area contributed by atoms with Crippen molar-refractivity contribution in [2.75, 3.05) is 5.88 Å². The molecule has 0 saturated carbocycles. The topological polar surface area (TPSA) is 41.8 Å². The Labute approximate surface area is 171 Å². The minimum absolute atomic E-state index is 0. The second-order valence-corrected chi connectivity index (χ2v) is 6.38. The third-order valence-electron chi connectivity index (χ3n) is 3.17. The standard InChI is InChI=1S/C16H12Cl4N2O2.ClH/c17-9-15(23)22(20)21(10-11-4-2-1-3-5-11)16(24)12-6-13(18)8-14(19)7-12;/h1-8H,9-10H2;1H. The van der Waals surface area contributed by atoms with Gasteiger partial charge in [0.05, 0.1) is 17.3 Å².